The number of rotatable bonds is 9. The topological polar surface area (TPSA) is 107 Å². The minimum Gasteiger partial charge on any atom is -0.393 e. The number of alkyl halides is 1. The summed E-state index contributed by atoms with van der Waals surface area (Å²) < 4.78 is 13.6. The van der Waals surface area contributed by atoms with E-state index in [2.05, 4.69) is 11.0 Å². The van der Waals surface area contributed by atoms with Gasteiger partial charge in [0.15, 0.2) is 6.10 Å². The lowest BCUT2D eigenvalue weighted by Gasteiger charge is -2.41. The van der Waals surface area contributed by atoms with Crippen molar-refractivity contribution in [3.05, 3.63) is 35.4 Å². The van der Waals surface area contributed by atoms with E-state index in [4.69, 9.17) is 5.73 Å². The molecule has 4 atom stereocenters. The van der Waals surface area contributed by atoms with Crippen molar-refractivity contribution in [3.8, 4) is 0 Å². The van der Waals surface area contributed by atoms with E-state index < -0.39 is 30.7 Å². The number of nitrogens with zero attached hydrogens (tertiary/aromatic N) is 2. The van der Waals surface area contributed by atoms with Crippen LogP contribution in [0.2, 0.25) is 0 Å². The highest BCUT2D eigenvalue weighted by Gasteiger charge is 2.41. The number of carbonyl (C=O) groups excluding carboxylic acids is 2. The SMILES string of the molecule is NC(=O)c1cccc([C@H]2C[C@H]3CC[C@@H](C2)N3CCN(CC2CCC(F)CC2)C(=O)[C@@H](O)CO)c1. The zero-order chi connectivity index (χ0) is 24.2. The zero-order valence-electron chi connectivity index (χ0n) is 19.8. The highest BCUT2D eigenvalue weighted by molar-refractivity contribution is 5.92. The van der Waals surface area contributed by atoms with Gasteiger partial charge in [-0.3, -0.25) is 14.5 Å². The molecule has 0 radical (unpaired) electrons. The van der Waals surface area contributed by atoms with Crippen LogP contribution >= 0.6 is 0 Å². The van der Waals surface area contributed by atoms with Crippen LogP contribution in [0.15, 0.2) is 24.3 Å². The molecule has 8 heteroatoms. The quantitative estimate of drug-likeness (QED) is 0.508. The molecule has 4 N–H and O–H groups in total. The summed E-state index contributed by atoms with van der Waals surface area (Å²) in [7, 11) is 0. The van der Waals surface area contributed by atoms with Gasteiger partial charge in [-0.2, -0.15) is 0 Å². The zero-order valence-corrected chi connectivity index (χ0v) is 19.8. The normalized spacial score (nSPS) is 30.1. The number of fused-ring (bicyclic) bond motifs is 2. The Hall–Kier alpha value is -2.03. The van der Waals surface area contributed by atoms with Gasteiger partial charge in [-0.25, -0.2) is 4.39 Å². The molecular weight excluding hydrogens is 437 g/mol. The molecule has 0 aromatic heterocycles. The lowest BCUT2D eigenvalue weighted by molar-refractivity contribution is -0.143. The van der Waals surface area contributed by atoms with Gasteiger partial charge in [-0.1, -0.05) is 12.1 Å². The molecule has 3 aliphatic rings. The number of carbonyl (C=O) groups is 2. The van der Waals surface area contributed by atoms with Gasteiger partial charge < -0.3 is 20.8 Å². The molecule has 1 saturated carbocycles. The fraction of sp³-hybridized carbons (Fsp3) is 0.692. The highest BCUT2D eigenvalue weighted by atomic mass is 19.1. The van der Waals surface area contributed by atoms with Gasteiger partial charge in [0.2, 0.25) is 5.91 Å². The molecular formula is C26H38FN3O4. The fourth-order valence-corrected chi connectivity index (χ4v) is 6.29. The van der Waals surface area contributed by atoms with E-state index in [1.165, 1.54) is 5.56 Å². The average molecular weight is 476 g/mol. The van der Waals surface area contributed by atoms with Crippen molar-refractivity contribution >= 4 is 11.8 Å². The van der Waals surface area contributed by atoms with E-state index in [0.717, 1.165) is 45.1 Å². The Labute approximate surface area is 201 Å². The molecule has 188 valence electrons. The maximum Gasteiger partial charge on any atom is 0.253 e. The van der Waals surface area contributed by atoms with E-state index in [1.54, 1.807) is 11.0 Å². The number of aliphatic hydroxyl groups is 2. The summed E-state index contributed by atoms with van der Waals surface area (Å²) in [6.45, 7) is 1.15. The molecule has 2 aliphatic heterocycles. The summed E-state index contributed by atoms with van der Waals surface area (Å²) in [4.78, 5) is 28.5. The van der Waals surface area contributed by atoms with Crippen molar-refractivity contribution in [3.63, 3.8) is 0 Å². The molecule has 2 amide bonds. The standard InChI is InChI=1S/C26H38FN3O4/c27-21-6-4-17(5-7-21)15-29(26(34)24(32)16-31)10-11-30-22-8-9-23(30)14-20(13-22)18-2-1-3-19(12-18)25(28)33/h1-3,12,17,20-24,31-32H,4-11,13-16H2,(H2,28,33)/t17?,20-,21?,22+,23-,24-/m0/s1. The Morgan fingerprint density at radius 3 is 2.41 bits per heavy atom. The minimum absolute atomic E-state index is 0.238. The molecule has 7 nitrogen and oxygen atoms in total. The summed E-state index contributed by atoms with van der Waals surface area (Å²) in [6, 6.07) is 8.49. The van der Waals surface area contributed by atoms with Crippen molar-refractivity contribution in [1.29, 1.82) is 0 Å². The number of halogens is 1. The first kappa shape index (κ1) is 25.1. The van der Waals surface area contributed by atoms with Gasteiger partial charge in [0, 0.05) is 37.3 Å². The van der Waals surface area contributed by atoms with Crippen molar-refractivity contribution in [2.45, 2.75) is 81.6 Å². The van der Waals surface area contributed by atoms with Crippen molar-refractivity contribution < 1.29 is 24.2 Å². The van der Waals surface area contributed by atoms with Gasteiger partial charge in [0.05, 0.1) is 6.61 Å². The first-order valence-corrected chi connectivity index (χ1v) is 12.7. The number of aliphatic hydroxyl groups excluding tert-OH is 2. The van der Waals surface area contributed by atoms with Gasteiger partial charge in [-0.05, 0) is 80.9 Å². The molecule has 34 heavy (non-hydrogen) atoms. The molecule has 2 heterocycles. The van der Waals surface area contributed by atoms with E-state index >= 15 is 0 Å². The molecule has 2 saturated heterocycles. The first-order chi connectivity index (χ1) is 16.4. The second-order valence-corrected chi connectivity index (χ2v) is 10.4. The van der Waals surface area contributed by atoms with Gasteiger partial charge >= 0.3 is 0 Å². The highest BCUT2D eigenvalue weighted by Crippen LogP contribution is 2.43. The second-order valence-electron chi connectivity index (χ2n) is 10.4. The van der Waals surface area contributed by atoms with Crippen LogP contribution < -0.4 is 5.73 Å². The van der Waals surface area contributed by atoms with Crippen molar-refractivity contribution in [2.75, 3.05) is 26.2 Å². The van der Waals surface area contributed by atoms with E-state index in [1.807, 2.05) is 12.1 Å². The van der Waals surface area contributed by atoms with Crippen LogP contribution in [0.3, 0.4) is 0 Å². The molecule has 0 spiro atoms. The van der Waals surface area contributed by atoms with Crippen LogP contribution in [-0.2, 0) is 4.79 Å². The van der Waals surface area contributed by atoms with Gasteiger partial charge in [0.1, 0.15) is 6.17 Å². The van der Waals surface area contributed by atoms with Crippen LogP contribution in [0.4, 0.5) is 4.39 Å². The largest absolute Gasteiger partial charge is 0.393 e. The van der Waals surface area contributed by atoms with Crippen LogP contribution in [0.1, 0.15) is 73.2 Å². The van der Waals surface area contributed by atoms with Crippen LogP contribution in [0, 0.1) is 5.92 Å². The Balaban J connectivity index is 1.38. The smallest absolute Gasteiger partial charge is 0.253 e. The number of amides is 2. The Morgan fingerprint density at radius 1 is 1.12 bits per heavy atom. The third kappa shape index (κ3) is 5.78. The van der Waals surface area contributed by atoms with Crippen molar-refractivity contribution in [1.82, 2.24) is 9.80 Å². The maximum atomic E-state index is 13.6. The molecule has 1 aliphatic carbocycles. The number of primary amides is 1. The molecule has 1 aromatic carbocycles. The fourth-order valence-electron chi connectivity index (χ4n) is 6.29. The van der Waals surface area contributed by atoms with Gasteiger partial charge in [-0.15, -0.1) is 0 Å². The molecule has 0 unspecified atom stereocenters. The van der Waals surface area contributed by atoms with Crippen molar-refractivity contribution in [2.24, 2.45) is 11.7 Å². The number of hydrogen-bond donors (Lipinski definition) is 3. The Bertz CT molecular complexity index is 846. The third-order valence-electron chi connectivity index (χ3n) is 8.18. The summed E-state index contributed by atoms with van der Waals surface area (Å²) in [5, 5.41) is 19.3. The molecule has 3 fully saturated rings. The monoisotopic (exact) mass is 475 g/mol. The maximum absolute atomic E-state index is 13.6. The number of piperidine rings is 1. The third-order valence-corrected chi connectivity index (χ3v) is 8.18. The number of hydrogen-bond acceptors (Lipinski definition) is 5. The lowest BCUT2D eigenvalue weighted by Crippen LogP contribution is -2.50. The Kier molecular flexibility index (Phi) is 8.22. The van der Waals surface area contributed by atoms with Crippen LogP contribution in [0.5, 0.6) is 0 Å². The van der Waals surface area contributed by atoms with Crippen LogP contribution in [-0.4, -0.2) is 82.4 Å². The first-order valence-electron chi connectivity index (χ1n) is 12.7. The molecule has 1 aromatic rings. The van der Waals surface area contributed by atoms with Gasteiger partial charge in [0.25, 0.3) is 5.91 Å². The van der Waals surface area contributed by atoms with E-state index in [-0.39, 0.29) is 5.92 Å². The lowest BCUT2D eigenvalue weighted by atomic mass is 9.84. The predicted octanol–water partition coefficient (Wildman–Crippen LogP) is 2.21. The predicted molar refractivity (Wildman–Crippen MR) is 127 cm³/mol. The summed E-state index contributed by atoms with van der Waals surface area (Å²) in [6.07, 6.45) is 4.66. The molecule has 2 bridgehead atoms. The van der Waals surface area contributed by atoms with Crippen LogP contribution in [0.25, 0.3) is 0 Å². The van der Waals surface area contributed by atoms with E-state index in [9.17, 15) is 24.2 Å². The second kappa shape index (κ2) is 11.1. The summed E-state index contributed by atoms with van der Waals surface area (Å²) in [5.74, 6) is -0.216. The minimum atomic E-state index is -1.41. The number of nitrogens with two attached hydrogens (primary N) is 1. The Morgan fingerprint density at radius 2 is 1.79 bits per heavy atom. The van der Waals surface area contributed by atoms with E-state index in [0.29, 0.717) is 49.5 Å². The average Bonchev–Trinajstić information content (AvgIpc) is 3.08. The number of benzene rings is 1. The molecule has 4 rings (SSSR count). The summed E-state index contributed by atoms with van der Waals surface area (Å²) in [5.41, 5.74) is 7.18. The summed E-state index contributed by atoms with van der Waals surface area (Å²) >= 11 is 0.